The van der Waals surface area contributed by atoms with Gasteiger partial charge in [-0.15, -0.1) is 0 Å². The minimum atomic E-state index is -0.752. The van der Waals surface area contributed by atoms with Crippen molar-refractivity contribution in [3.63, 3.8) is 0 Å². The summed E-state index contributed by atoms with van der Waals surface area (Å²) in [5, 5.41) is 12.8. The van der Waals surface area contributed by atoms with E-state index in [1.54, 1.807) is 27.0 Å². The number of amides is 2. The average Bonchev–Trinajstić information content (AvgIpc) is 3.28. The molecule has 2 N–H and O–H groups in total. The Bertz CT molecular complexity index is 811. The van der Waals surface area contributed by atoms with Crippen molar-refractivity contribution < 1.29 is 23.8 Å². The van der Waals surface area contributed by atoms with Crippen LogP contribution < -0.4 is 5.32 Å². The quantitative estimate of drug-likeness (QED) is 0.834. The first-order chi connectivity index (χ1) is 13.2. The lowest BCUT2D eigenvalue weighted by molar-refractivity contribution is -0.125. The molecule has 2 atom stereocenters. The van der Waals surface area contributed by atoms with Gasteiger partial charge in [0, 0.05) is 18.5 Å². The zero-order chi connectivity index (χ0) is 20.3. The van der Waals surface area contributed by atoms with Crippen molar-refractivity contribution >= 4 is 12.0 Å². The number of likely N-dealkylation sites (tertiary alicyclic amines) is 1. The lowest BCUT2D eigenvalue weighted by Gasteiger charge is -2.27. The van der Waals surface area contributed by atoms with Crippen molar-refractivity contribution in [2.45, 2.75) is 51.5 Å². The van der Waals surface area contributed by atoms with Gasteiger partial charge in [0.15, 0.2) is 12.2 Å². The Hall–Kier alpha value is -2.87. The van der Waals surface area contributed by atoms with Crippen molar-refractivity contribution in [3.05, 3.63) is 42.4 Å². The van der Waals surface area contributed by atoms with Crippen LogP contribution in [0.5, 0.6) is 0 Å². The number of nitrogens with zero attached hydrogens (tertiary/aromatic N) is 2. The zero-order valence-corrected chi connectivity index (χ0v) is 16.2. The molecule has 1 aliphatic rings. The molecule has 0 radical (unpaired) electrons. The van der Waals surface area contributed by atoms with Crippen molar-refractivity contribution in [1.29, 1.82) is 0 Å². The van der Waals surface area contributed by atoms with E-state index in [1.807, 2.05) is 24.3 Å². The van der Waals surface area contributed by atoms with Gasteiger partial charge in [0.2, 0.25) is 5.91 Å². The molecular formula is C20H25N3O5. The molecule has 1 aromatic carbocycles. The number of carbonyl (C=O) groups excluding carboxylic acids is 2. The van der Waals surface area contributed by atoms with Gasteiger partial charge in [0.25, 0.3) is 0 Å². The van der Waals surface area contributed by atoms with Crippen molar-refractivity contribution in [2.75, 3.05) is 6.54 Å². The van der Waals surface area contributed by atoms with Gasteiger partial charge < -0.3 is 19.6 Å². The summed E-state index contributed by atoms with van der Waals surface area (Å²) in [5.41, 5.74) is 1.12. The third kappa shape index (κ3) is 4.89. The van der Waals surface area contributed by atoms with Crippen LogP contribution in [-0.2, 0) is 16.1 Å². The van der Waals surface area contributed by atoms with Crippen LogP contribution in [0, 0.1) is 0 Å². The predicted octanol–water partition coefficient (Wildman–Crippen LogP) is 2.33. The summed E-state index contributed by atoms with van der Waals surface area (Å²) in [6, 6.07) is 6.78. The minimum absolute atomic E-state index is 0.0822. The van der Waals surface area contributed by atoms with Crippen LogP contribution in [0.15, 0.2) is 41.3 Å². The van der Waals surface area contributed by atoms with Crippen LogP contribution in [0.2, 0.25) is 0 Å². The van der Waals surface area contributed by atoms with Crippen LogP contribution >= 0.6 is 0 Å². The number of aromatic nitrogens is 1. The van der Waals surface area contributed by atoms with Gasteiger partial charge in [-0.3, -0.25) is 9.69 Å². The molecule has 2 heterocycles. The second-order valence-electron chi connectivity index (χ2n) is 7.82. The van der Waals surface area contributed by atoms with E-state index >= 15 is 0 Å². The molecule has 0 aliphatic carbocycles. The predicted molar refractivity (Wildman–Crippen MR) is 101 cm³/mol. The molecule has 1 aromatic heterocycles. The average molecular weight is 387 g/mol. The van der Waals surface area contributed by atoms with Gasteiger partial charge in [0.05, 0.1) is 18.8 Å². The molecule has 2 aromatic rings. The third-order valence-corrected chi connectivity index (χ3v) is 4.35. The Balaban J connectivity index is 1.59. The van der Waals surface area contributed by atoms with Crippen LogP contribution in [0.3, 0.4) is 0 Å². The molecule has 3 rings (SSSR count). The van der Waals surface area contributed by atoms with Gasteiger partial charge in [-0.05, 0) is 26.3 Å². The number of ether oxygens (including phenoxy) is 1. The lowest BCUT2D eigenvalue weighted by Crippen LogP contribution is -2.47. The number of benzene rings is 1. The maximum absolute atomic E-state index is 12.6. The maximum Gasteiger partial charge on any atom is 0.411 e. The second-order valence-corrected chi connectivity index (χ2v) is 7.82. The molecule has 2 unspecified atom stereocenters. The largest absolute Gasteiger partial charge is 0.444 e. The van der Waals surface area contributed by atoms with Crippen LogP contribution in [-0.4, -0.2) is 51.3 Å². The molecule has 0 bridgehead atoms. The molecule has 1 saturated heterocycles. The fourth-order valence-corrected chi connectivity index (χ4v) is 3.04. The second kappa shape index (κ2) is 8.02. The summed E-state index contributed by atoms with van der Waals surface area (Å²) in [6.07, 6.45) is 1.85. The third-order valence-electron chi connectivity index (χ3n) is 4.35. The van der Waals surface area contributed by atoms with Gasteiger partial charge >= 0.3 is 6.09 Å². The van der Waals surface area contributed by atoms with E-state index < -0.39 is 23.8 Å². The van der Waals surface area contributed by atoms with Crippen molar-refractivity contribution in [3.8, 4) is 11.3 Å². The molecule has 1 fully saturated rings. The monoisotopic (exact) mass is 387 g/mol. The summed E-state index contributed by atoms with van der Waals surface area (Å²) in [4.78, 5) is 30.1. The SMILES string of the molecule is CC(C)(C)OC(=O)N1CC(O)CC1C(=O)NCc1ccc(-c2cnco2)cc1. The highest BCUT2D eigenvalue weighted by Crippen LogP contribution is 2.22. The zero-order valence-electron chi connectivity index (χ0n) is 16.2. The summed E-state index contributed by atoms with van der Waals surface area (Å²) in [5.74, 6) is 0.352. The number of aliphatic hydroxyl groups is 1. The van der Waals surface area contributed by atoms with Crippen LogP contribution in [0.1, 0.15) is 32.8 Å². The normalized spacial score (nSPS) is 19.5. The number of oxazole rings is 1. The summed E-state index contributed by atoms with van der Waals surface area (Å²) in [6.45, 7) is 5.67. The highest BCUT2D eigenvalue weighted by atomic mass is 16.6. The van der Waals surface area contributed by atoms with E-state index in [-0.39, 0.29) is 18.9 Å². The van der Waals surface area contributed by atoms with E-state index in [0.717, 1.165) is 11.1 Å². The molecule has 2 amide bonds. The van der Waals surface area contributed by atoms with Crippen molar-refractivity contribution in [2.24, 2.45) is 0 Å². The molecule has 28 heavy (non-hydrogen) atoms. The fraction of sp³-hybridized carbons (Fsp3) is 0.450. The van der Waals surface area contributed by atoms with E-state index in [4.69, 9.17) is 9.15 Å². The minimum Gasteiger partial charge on any atom is -0.444 e. The van der Waals surface area contributed by atoms with Crippen LogP contribution in [0.25, 0.3) is 11.3 Å². The number of hydrogen-bond donors (Lipinski definition) is 2. The number of hydrogen-bond acceptors (Lipinski definition) is 6. The summed E-state index contributed by atoms with van der Waals surface area (Å²) < 4.78 is 10.6. The van der Waals surface area contributed by atoms with E-state index in [0.29, 0.717) is 12.3 Å². The topological polar surface area (TPSA) is 105 Å². The Morgan fingerprint density at radius 3 is 2.64 bits per heavy atom. The summed E-state index contributed by atoms with van der Waals surface area (Å²) in [7, 11) is 0. The number of β-amino-alcohol motifs (C(OH)–C–C–N with tert-alkyl or cyclic N) is 1. The number of carbonyl (C=O) groups is 2. The number of rotatable bonds is 4. The maximum atomic E-state index is 12.6. The van der Waals surface area contributed by atoms with Gasteiger partial charge in [0.1, 0.15) is 11.6 Å². The van der Waals surface area contributed by atoms with Crippen molar-refractivity contribution in [1.82, 2.24) is 15.2 Å². The first-order valence-electron chi connectivity index (χ1n) is 9.16. The fourth-order valence-electron chi connectivity index (χ4n) is 3.04. The van der Waals surface area contributed by atoms with Gasteiger partial charge in [-0.25, -0.2) is 9.78 Å². The molecule has 0 saturated carbocycles. The Morgan fingerprint density at radius 1 is 1.32 bits per heavy atom. The number of aliphatic hydroxyl groups excluding tert-OH is 1. The highest BCUT2D eigenvalue weighted by molar-refractivity contribution is 5.86. The molecule has 1 aliphatic heterocycles. The molecule has 150 valence electrons. The Kier molecular flexibility index (Phi) is 5.69. The van der Waals surface area contributed by atoms with E-state index in [1.165, 1.54) is 11.3 Å². The highest BCUT2D eigenvalue weighted by Gasteiger charge is 2.40. The first-order valence-corrected chi connectivity index (χ1v) is 9.16. The lowest BCUT2D eigenvalue weighted by atomic mass is 10.1. The van der Waals surface area contributed by atoms with E-state index in [9.17, 15) is 14.7 Å². The standard InChI is InChI=1S/C20H25N3O5/c1-20(2,3)28-19(26)23-11-15(24)8-16(23)18(25)22-9-13-4-6-14(7-5-13)17-10-21-12-27-17/h4-7,10,12,15-16,24H,8-9,11H2,1-3H3,(H,22,25). The Labute approximate surface area is 163 Å². The molecular weight excluding hydrogens is 362 g/mol. The Morgan fingerprint density at radius 2 is 2.04 bits per heavy atom. The van der Waals surface area contributed by atoms with Crippen LogP contribution in [0.4, 0.5) is 4.79 Å². The summed E-state index contributed by atoms with van der Waals surface area (Å²) >= 11 is 0. The van der Waals surface area contributed by atoms with Gasteiger partial charge in [-0.1, -0.05) is 24.3 Å². The molecule has 8 nitrogen and oxygen atoms in total. The smallest absolute Gasteiger partial charge is 0.411 e. The van der Waals surface area contributed by atoms with E-state index in [2.05, 4.69) is 10.3 Å². The molecule has 8 heteroatoms. The first kappa shape index (κ1) is 19.9. The number of nitrogens with one attached hydrogen (secondary N) is 1. The molecule has 0 spiro atoms. The van der Waals surface area contributed by atoms with Gasteiger partial charge in [-0.2, -0.15) is 0 Å².